The standard InChI is InChI=1S/C9H14N2O3/c1-6-10-5-7(11-6)8(12)13-14-9(2,3)4/h5H,1-4H3,(H,10,11). The second-order valence-corrected chi connectivity index (χ2v) is 3.95. The number of hydrogen-bond acceptors (Lipinski definition) is 4. The average Bonchev–Trinajstić information content (AvgIpc) is 2.46. The summed E-state index contributed by atoms with van der Waals surface area (Å²) >= 11 is 0. The van der Waals surface area contributed by atoms with Crippen LogP contribution in [0, 0.1) is 6.92 Å². The molecule has 0 atom stereocenters. The molecule has 1 N–H and O–H groups in total. The molecule has 1 aromatic heterocycles. The normalized spacial score (nSPS) is 11.4. The zero-order chi connectivity index (χ0) is 10.8. The van der Waals surface area contributed by atoms with Gasteiger partial charge in [-0.3, -0.25) is 4.89 Å². The minimum Gasteiger partial charge on any atom is -0.337 e. The van der Waals surface area contributed by atoms with Gasteiger partial charge in [0.2, 0.25) is 0 Å². The molecule has 0 fully saturated rings. The molecule has 0 aliphatic rings. The lowest BCUT2D eigenvalue weighted by Gasteiger charge is -2.15. The number of H-pyrrole nitrogens is 1. The van der Waals surface area contributed by atoms with Crippen LogP contribution in [0.3, 0.4) is 0 Å². The van der Waals surface area contributed by atoms with E-state index in [0.717, 1.165) is 0 Å². The summed E-state index contributed by atoms with van der Waals surface area (Å²) in [6.07, 6.45) is 1.41. The van der Waals surface area contributed by atoms with Gasteiger partial charge in [0.15, 0.2) is 0 Å². The van der Waals surface area contributed by atoms with Gasteiger partial charge in [0.1, 0.15) is 17.1 Å². The van der Waals surface area contributed by atoms with Crippen LogP contribution in [0.25, 0.3) is 0 Å². The van der Waals surface area contributed by atoms with Crippen molar-refractivity contribution in [3.63, 3.8) is 0 Å². The molecule has 0 amide bonds. The van der Waals surface area contributed by atoms with E-state index in [9.17, 15) is 4.79 Å². The van der Waals surface area contributed by atoms with Crippen molar-refractivity contribution in [3.8, 4) is 0 Å². The summed E-state index contributed by atoms with van der Waals surface area (Å²) in [5, 5.41) is 0. The fourth-order valence-corrected chi connectivity index (χ4v) is 0.732. The van der Waals surface area contributed by atoms with Crippen LogP contribution in [0.2, 0.25) is 0 Å². The lowest BCUT2D eigenvalue weighted by molar-refractivity contribution is -0.301. The molecule has 78 valence electrons. The number of aromatic nitrogens is 2. The fraction of sp³-hybridized carbons (Fsp3) is 0.556. The number of hydrogen-bond donors (Lipinski definition) is 1. The van der Waals surface area contributed by atoms with E-state index in [1.54, 1.807) is 27.7 Å². The maximum atomic E-state index is 11.3. The van der Waals surface area contributed by atoms with E-state index in [-0.39, 0.29) is 5.69 Å². The van der Waals surface area contributed by atoms with E-state index >= 15 is 0 Å². The SMILES string of the molecule is Cc1ncc(C(=O)OOC(C)(C)C)[nH]1. The number of aromatic amines is 1. The van der Waals surface area contributed by atoms with Crippen molar-refractivity contribution < 1.29 is 14.6 Å². The van der Waals surface area contributed by atoms with Crippen LogP contribution in [0.5, 0.6) is 0 Å². The minimum absolute atomic E-state index is 0.284. The first-order chi connectivity index (χ1) is 6.38. The third-order valence-corrected chi connectivity index (χ3v) is 1.29. The summed E-state index contributed by atoms with van der Waals surface area (Å²) in [4.78, 5) is 27.4. The zero-order valence-electron chi connectivity index (χ0n) is 8.75. The Morgan fingerprint density at radius 3 is 2.57 bits per heavy atom. The van der Waals surface area contributed by atoms with Crippen LogP contribution in [0.15, 0.2) is 6.20 Å². The lowest BCUT2D eigenvalue weighted by atomic mass is 10.2. The zero-order valence-corrected chi connectivity index (χ0v) is 8.75. The van der Waals surface area contributed by atoms with Gasteiger partial charge in [0, 0.05) is 0 Å². The van der Waals surface area contributed by atoms with Crippen molar-refractivity contribution in [2.75, 3.05) is 0 Å². The Kier molecular flexibility index (Phi) is 2.90. The molecule has 0 aliphatic carbocycles. The highest BCUT2D eigenvalue weighted by Gasteiger charge is 2.17. The molecule has 14 heavy (non-hydrogen) atoms. The first-order valence-electron chi connectivity index (χ1n) is 4.30. The maximum Gasteiger partial charge on any atom is 0.390 e. The largest absolute Gasteiger partial charge is 0.390 e. The van der Waals surface area contributed by atoms with Crippen molar-refractivity contribution >= 4 is 5.97 Å². The van der Waals surface area contributed by atoms with Crippen molar-refractivity contribution in [1.29, 1.82) is 0 Å². The fourth-order valence-electron chi connectivity index (χ4n) is 0.732. The molecule has 0 radical (unpaired) electrons. The van der Waals surface area contributed by atoms with Gasteiger partial charge in [-0.2, -0.15) is 4.89 Å². The smallest absolute Gasteiger partial charge is 0.337 e. The Bertz CT molecular complexity index is 325. The lowest BCUT2D eigenvalue weighted by Crippen LogP contribution is -2.22. The van der Waals surface area contributed by atoms with Crippen molar-refractivity contribution in [3.05, 3.63) is 17.7 Å². The highest BCUT2D eigenvalue weighted by molar-refractivity contribution is 5.86. The van der Waals surface area contributed by atoms with E-state index in [1.165, 1.54) is 6.20 Å². The van der Waals surface area contributed by atoms with Crippen molar-refractivity contribution in [1.82, 2.24) is 9.97 Å². The Morgan fingerprint density at radius 2 is 2.14 bits per heavy atom. The van der Waals surface area contributed by atoms with E-state index in [1.807, 2.05) is 0 Å². The average molecular weight is 198 g/mol. The summed E-state index contributed by atoms with van der Waals surface area (Å²) < 4.78 is 0. The summed E-state index contributed by atoms with van der Waals surface area (Å²) in [6, 6.07) is 0. The molecule has 0 unspecified atom stereocenters. The minimum atomic E-state index is -0.569. The monoisotopic (exact) mass is 198 g/mol. The Labute approximate surface area is 82.4 Å². The topological polar surface area (TPSA) is 64.2 Å². The van der Waals surface area contributed by atoms with Gasteiger partial charge in [0.25, 0.3) is 0 Å². The molecule has 0 aliphatic heterocycles. The molecule has 0 spiro atoms. The molecule has 0 saturated carbocycles. The molecule has 1 heterocycles. The first kappa shape index (κ1) is 10.7. The summed E-state index contributed by atoms with van der Waals surface area (Å²) in [7, 11) is 0. The third kappa shape index (κ3) is 3.18. The van der Waals surface area contributed by atoms with Gasteiger partial charge < -0.3 is 4.98 Å². The van der Waals surface area contributed by atoms with Crippen LogP contribution >= 0.6 is 0 Å². The van der Waals surface area contributed by atoms with Crippen molar-refractivity contribution in [2.24, 2.45) is 0 Å². The van der Waals surface area contributed by atoms with Gasteiger partial charge in [-0.25, -0.2) is 9.78 Å². The Morgan fingerprint density at radius 1 is 1.50 bits per heavy atom. The van der Waals surface area contributed by atoms with E-state index in [0.29, 0.717) is 5.82 Å². The van der Waals surface area contributed by atoms with Crippen molar-refractivity contribution in [2.45, 2.75) is 33.3 Å². The van der Waals surface area contributed by atoms with Gasteiger partial charge >= 0.3 is 5.97 Å². The number of carbonyl (C=O) groups excluding carboxylic acids is 1. The van der Waals surface area contributed by atoms with Gasteiger partial charge in [-0.15, -0.1) is 0 Å². The molecule has 0 bridgehead atoms. The molecule has 1 aromatic rings. The Balaban J connectivity index is 2.52. The number of imidazole rings is 1. The second kappa shape index (κ2) is 3.79. The maximum absolute atomic E-state index is 11.3. The van der Waals surface area contributed by atoms with Gasteiger partial charge in [-0.1, -0.05) is 0 Å². The molecule has 0 aromatic carbocycles. The molecule has 0 saturated heterocycles. The summed E-state index contributed by atoms with van der Waals surface area (Å²) in [5.41, 5.74) is -0.225. The van der Waals surface area contributed by atoms with E-state index in [4.69, 9.17) is 4.89 Å². The number of carbonyl (C=O) groups is 1. The number of rotatable bonds is 2. The molecular formula is C9H14N2O3. The van der Waals surface area contributed by atoms with Crippen LogP contribution < -0.4 is 0 Å². The number of nitrogens with zero attached hydrogens (tertiary/aromatic N) is 1. The van der Waals surface area contributed by atoms with Crippen LogP contribution in [-0.2, 0) is 9.78 Å². The second-order valence-electron chi connectivity index (χ2n) is 3.95. The van der Waals surface area contributed by atoms with Crippen LogP contribution in [0.4, 0.5) is 0 Å². The van der Waals surface area contributed by atoms with Crippen LogP contribution in [-0.4, -0.2) is 21.5 Å². The van der Waals surface area contributed by atoms with Gasteiger partial charge in [-0.05, 0) is 27.7 Å². The summed E-state index contributed by atoms with van der Waals surface area (Å²) in [5.74, 6) is 0.0910. The van der Waals surface area contributed by atoms with E-state index in [2.05, 4.69) is 14.9 Å². The first-order valence-corrected chi connectivity index (χ1v) is 4.30. The highest BCUT2D eigenvalue weighted by atomic mass is 17.2. The quantitative estimate of drug-likeness (QED) is 0.579. The molecule has 5 heteroatoms. The van der Waals surface area contributed by atoms with Crippen LogP contribution in [0.1, 0.15) is 37.1 Å². The predicted octanol–water partition coefficient (Wildman–Crippen LogP) is 1.61. The van der Waals surface area contributed by atoms with E-state index < -0.39 is 11.6 Å². The van der Waals surface area contributed by atoms with Gasteiger partial charge in [0.05, 0.1) is 6.20 Å². The molecule has 1 rings (SSSR count). The number of nitrogens with one attached hydrogen (secondary N) is 1. The third-order valence-electron chi connectivity index (χ3n) is 1.29. The molecule has 5 nitrogen and oxygen atoms in total. The predicted molar refractivity (Wildman–Crippen MR) is 49.6 cm³/mol. The highest BCUT2D eigenvalue weighted by Crippen LogP contribution is 2.09. The Hall–Kier alpha value is -1.36. The number of aryl methyl sites for hydroxylation is 1. The summed E-state index contributed by atoms with van der Waals surface area (Å²) in [6.45, 7) is 7.12. The molecular weight excluding hydrogens is 184 g/mol.